The van der Waals surface area contributed by atoms with Crippen molar-refractivity contribution < 1.29 is 19.1 Å². The molecule has 0 spiro atoms. The summed E-state index contributed by atoms with van der Waals surface area (Å²) in [6.07, 6.45) is 1.54. The highest BCUT2D eigenvalue weighted by Gasteiger charge is 2.18. The lowest BCUT2D eigenvalue weighted by Crippen LogP contribution is -2.27. The van der Waals surface area contributed by atoms with Crippen LogP contribution in [0.15, 0.2) is 29.7 Å². The summed E-state index contributed by atoms with van der Waals surface area (Å²) in [6, 6.07) is 5.57. The molecule has 7 nitrogen and oxygen atoms in total. The van der Waals surface area contributed by atoms with Gasteiger partial charge < -0.3 is 9.47 Å². The molecule has 0 unspecified atom stereocenters. The van der Waals surface area contributed by atoms with Crippen LogP contribution in [-0.4, -0.2) is 44.7 Å². The van der Waals surface area contributed by atoms with E-state index in [0.29, 0.717) is 10.2 Å². The largest absolute Gasteiger partial charge is 0.457 e. The number of carbonyl (C=O) groups excluding carboxylic acids is 2. The average molecular weight is 398 g/mol. The van der Waals surface area contributed by atoms with Gasteiger partial charge in [-0.1, -0.05) is 29.4 Å². The predicted molar refractivity (Wildman–Crippen MR) is 98.6 cm³/mol. The Morgan fingerprint density at radius 3 is 2.65 bits per heavy atom. The summed E-state index contributed by atoms with van der Waals surface area (Å²) in [5.41, 5.74) is 1.13. The Kier molecular flexibility index (Phi) is 6.66. The van der Waals surface area contributed by atoms with Crippen LogP contribution in [0.4, 0.5) is 0 Å². The Bertz CT molecular complexity index is 802. The zero-order chi connectivity index (χ0) is 19.3. The lowest BCUT2D eigenvalue weighted by atomic mass is 10.2. The van der Waals surface area contributed by atoms with E-state index in [1.807, 2.05) is 19.1 Å². The highest BCUT2D eigenvalue weighted by atomic mass is 35.5. The summed E-state index contributed by atoms with van der Waals surface area (Å²) in [5.74, 6) is -1.15. The number of nitrogens with zero attached hydrogens (tertiary/aromatic N) is 3. The van der Waals surface area contributed by atoms with Crippen molar-refractivity contribution in [2.24, 2.45) is 0 Å². The van der Waals surface area contributed by atoms with E-state index in [2.05, 4.69) is 10.2 Å². The third-order valence-electron chi connectivity index (χ3n) is 3.04. The van der Waals surface area contributed by atoms with Crippen molar-refractivity contribution in [1.82, 2.24) is 14.8 Å². The van der Waals surface area contributed by atoms with Crippen LogP contribution in [0.2, 0.25) is 5.02 Å². The fourth-order valence-electron chi connectivity index (χ4n) is 1.91. The summed E-state index contributed by atoms with van der Waals surface area (Å²) in [5, 5.41) is 9.00. The van der Waals surface area contributed by atoms with E-state index < -0.39 is 24.1 Å². The highest BCUT2D eigenvalue weighted by Crippen LogP contribution is 2.23. The molecular weight excluding hydrogens is 378 g/mol. The van der Waals surface area contributed by atoms with E-state index in [9.17, 15) is 9.59 Å². The normalized spacial score (nSPS) is 11.3. The molecule has 1 aromatic heterocycles. The summed E-state index contributed by atoms with van der Waals surface area (Å²) < 4.78 is 11.7. The minimum Gasteiger partial charge on any atom is -0.457 e. The average Bonchev–Trinajstić information content (AvgIpc) is 3.00. The lowest BCUT2D eigenvalue weighted by Gasteiger charge is -2.19. The summed E-state index contributed by atoms with van der Waals surface area (Å²) in [7, 11) is 0. The number of hydrogen-bond acceptors (Lipinski definition) is 7. The Hall–Kier alpha value is -2.06. The molecular formula is C17H20ClN3O4S. The number of hydrogen-bond donors (Lipinski definition) is 0. The Morgan fingerprint density at radius 2 is 2.00 bits per heavy atom. The lowest BCUT2D eigenvalue weighted by molar-refractivity contribution is -0.165. The summed E-state index contributed by atoms with van der Waals surface area (Å²) in [6.45, 7) is 6.72. The fraction of sp³-hybridized carbons (Fsp3) is 0.412. The summed E-state index contributed by atoms with van der Waals surface area (Å²) >= 11 is 7.30. The number of ether oxygens (including phenoxy) is 2. The molecule has 0 atom stereocenters. The van der Waals surface area contributed by atoms with Crippen molar-refractivity contribution in [3.05, 3.63) is 35.1 Å². The molecule has 26 heavy (non-hydrogen) atoms. The Labute approximate surface area is 161 Å². The van der Waals surface area contributed by atoms with E-state index in [-0.39, 0.29) is 5.75 Å². The van der Waals surface area contributed by atoms with Crippen molar-refractivity contribution in [3.8, 4) is 5.69 Å². The maximum absolute atomic E-state index is 11.8. The number of halogens is 1. The van der Waals surface area contributed by atoms with Crippen LogP contribution < -0.4 is 0 Å². The van der Waals surface area contributed by atoms with E-state index in [0.717, 1.165) is 23.0 Å². The van der Waals surface area contributed by atoms with E-state index in [1.165, 1.54) is 6.33 Å². The van der Waals surface area contributed by atoms with Crippen LogP contribution in [0.5, 0.6) is 0 Å². The maximum Gasteiger partial charge on any atom is 0.344 e. The first-order valence-corrected chi connectivity index (χ1v) is 9.19. The molecule has 0 bridgehead atoms. The number of carbonyl (C=O) groups is 2. The molecule has 2 rings (SSSR count). The third-order valence-corrected chi connectivity index (χ3v) is 4.36. The standard InChI is InChI=1S/C17H20ClN3O4S/c1-11-5-6-12(7-13(11)18)21-10-19-20-16(21)26-9-15(23)24-8-14(22)25-17(2,3)4/h5-7,10H,8-9H2,1-4H3. The van der Waals surface area contributed by atoms with Crippen molar-refractivity contribution in [2.45, 2.75) is 38.5 Å². The molecule has 0 N–H and O–H groups in total. The van der Waals surface area contributed by atoms with Gasteiger partial charge in [-0.05, 0) is 45.4 Å². The van der Waals surface area contributed by atoms with Gasteiger partial charge in [-0.3, -0.25) is 9.36 Å². The highest BCUT2D eigenvalue weighted by molar-refractivity contribution is 7.99. The van der Waals surface area contributed by atoms with E-state index in [1.54, 1.807) is 31.4 Å². The van der Waals surface area contributed by atoms with Crippen molar-refractivity contribution in [1.29, 1.82) is 0 Å². The zero-order valence-electron chi connectivity index (χ0n) is 15.0. The molecule has 0 radical (unpaired) electrons. The second-order valence-corrected chi connectivity index (χ2v) is 7.80. The smallest absolute Gasteiger partial charge is 0.344 e. The quantitative estimate of drug-likeness (QED) is 0.546. The second-order valence-electron chi connectivity index (χ2n) is 6.45. The molecule has 0 aliphatic rings. The Morgan fingerprint density at radius 1 is 1.27 bits per heavy atom. The number of esters is 2. The van der Waals surface area contributed by atoms with Gasteiger partial charge in [-0.2, -0.15) is 0 Å². The first-order chi connectivity index (χ1) is 12.2. The van der Waals surface area contributed by atoms with E-state index in [4.69, 9.17) is 21.1 Å². The van der Waals surface area contributed by atoms with Crippen LogP contribution in [0.3, 0.4) is 0 Å². The van der Waals surface area contributed by atoms with Crippen LogP contribution in [-0.2, 0) is 19.1 Å². The van der Waals surface area contributed by atoms with Crippen molar-refractivity contribution in [2.75, 3.05) is 12.4 Å². The van der Waals surface area contributed by atoms with Gasteiger partial charge in [0.1, 0.15) is 11.9 Å². The SMILES string of the molecule is Cc1ccc(-n2cnnc2SCC(=O)OCC(=O)OC(C)(C)C)cc1Cl. The minimum atomic E-state index is -0.621. The third kappa shape index (κ3) is 6.03. The molecule has 0 aliphatic carbocycles. The van der Waals surface area contributed by atoms with Gasteiger partial charge in [0.15, 0.2) is 11.8 Å². The predicted octanol–water partition coefficient (Wildman–Crippen LogP) is 3.21. The van der Waals surface area contributed by atoms with Crippen LogP contribution in [0, 0.1) is 6.92 Å². The van der Waals surface area contributed by atoms with Gasteiger partial charge in [0, 0.05) is 5.02 Å². The van der Waals surface area contributed by atoms with Gasteiger partial charge >= 0.3 is 11.9 Å². The number of aromatic nitrogens is 3. The zero-order valence-corrected chi connectivity index (χ0v) is 16.6. The molecule has 0 fully saturated rings. The maximum atomic E-state index is 11.8. The topological polar surface area (TPSA) is 83.3 Å². The van der Waals surface area contributed by atoms with Crippen LogP contribution >= 0.6 is 23.4 Å². The molecule has 2 aromatic rings. The number of rotatable bonds is 6. The van der Waals surface area contributed by atoms with Gasteiger partial charge in [0.05, 0.1) is 11.4 Å². The van der Waals surface area contributed by atoms with Crippen LogP contribution in [0.25, 0.3) is 5.69 Å². The van der Waals surface area contributed by atoms with Gasteiger partial charge in [0.25, 0.3) is 0 Å². The van der Waals surface area contributed by atoms with E-state index >= 15 is 0 Å². The van der Waals surface area contributed by atoms with Gasteiger partial charge in [-0.25, -0.2) is 4.79 Å². The number of benzene rings is 1. The second kappa shape index (κ2) is 8.55. The van der Waals surface area contributed by atoms with Crippen molar-refractivity contribution >= 4 is 35.3 Å². The van der Waals surface area contributed by atoms with Crippen LogP contribution in [0.1, 0.15) is 26.3 Å². The number of thioether (sulfide) groups is 1. The minimum absolute atomic E-state index is 0.0128. The Balaban J connectivity index is 1.90. The molecule has 0 amide bonds. The monoisotopic (exact) mass is 397 g/mol. The molecule has 0 saturated heterocycles. The molecule has 9 heteroatoms. The molecule has 140 valence electrons. The molecule has 0 saturated carbocycles. The van der Waals surface area contributed by atoms with Gasteiger partial charge in [-0.15, -0.1) is 10.2 Å². The molecule has 1 heterocycles. The summed E-state index contributed by atoms with van der Waals surface area (Å²) in [4.78, 5) is 23.4. The fourth-order valence-corrected chi connectivity index (χ4v) is 2.81. The molecule has 0 aliphatic heterocycles. The first-order valence-electron chi connectivity index (χ1n) is 7.82. The molecule has 1 aromatic carbocycles. The van der Waals surface area contributed by atoms with Gasteiger partial charge in [0.2, 0.25) is 0 Å². The first kappa shape index (κ1) is 20.3. The number of aryl methyl sites for hydroxylation is 1. The van der Waals surface area contributed by atoms with Crippen molar-refractivity contribution in [3.63, 3.8) is 0 Å².